The molecule has 30 heavy (non-hydrogen) atoms. The molecule has 4 heterocycles. The molecule has 0 bridgehead atoms. The van der Waals surface area contributed by atoms with Gasteiger partial charge in [-0.05, 0) is 56.5 Å². The average molecular weight is 407 g/mol. The van der Waals surface area contributed by atoms with E-state index >= 15 is 0 Å². The third kappa shape index (κ3) is 3.07. The van der Waals surface area contributed by atoms with Crippen molar-refractivity contribution in [3.63, 3.8) is 0 Å². The summed E-state index contributed by atoms with van der Waals surface area (Å²) in [5.41, 5.74) is 2.72. The number of nitrogens with one attached hydrogen (secondary N) is 2. The predicted molar refractivity (Wildman–Crippen MR) is 108 cm³/mol. The average Bonchev–Trinajstić information content (AvgIpc) is 3.38. The quantitative estimate of drug-likeness (QED) is 0.468. The van der Waals surface area contributed by atoms with Crippen molar-refractivity contribution in [2.75, 3.05) is 13.1 Å². The fourth-order valence-corrected chi connectivity index (χ4v) is 4.20. The van der Waals surface area contributed by atoms with E-state index in [0.29, 0.717) is 30.3 Å². The van der Waals surface area contributed by atoms with Crippen LogP contribution in [0.15, 0.2) is 21.7 Å². The van der Waals surface area contributed by atoms with E-state index in [-0.39, 0.29) is 11.7 Å². The van der Waals surface area contributed by atoms with Crippen LogP contribution < -0.4 is 11.2 Å². The van der Waals surface area contributed by atoms with Crippen LogP contribution in [0.1, 0.15) is 35.8 Å². The number of hydrogen-bond donors (Lipinski definition) is 2. The van der Waals surface area contributed by atoms with Crippen molar-refractivity contribution in [2.24, 2.45) is 0 Å². The van der Waals surface area contributed by atoms with E-state index in [0.717, 1.165) is 36.0 Å². The van der Waals surface area contributed by atoms with Crippen LogP contribution in [0.5, 0.6) is 0 Å². The van der Waals surface area contributed by atoms with Crippen molar-refractivity contribution >= 4 is 11.0 Å². The summed E-state index contributed by atoms with van der Waals surface area (Å²) >= 11 is 0. The Labute approximate surface area is 170 Å². The van der Waals surface area contributed by atoms with Crippen LogP contribution in [0.4, 0.5) is 0 Å². The topological polar surface area (TPSA) is 138 Å². The molecule has 1 saturated heterocycles. The minimum absolute atomic E-state index is 0.0964. The molecular weight excluding hydrogens is 386 g/mol. The minimum Gasteiger partial charge on any atom is -0.321 e. The number of aryl methyl sites for hydroxylation is 2. The maximum absolute atomic E-state index is 12.4. The molecule has 1 fully saturated rings. The first-order valence-electron chi connectivity index (χ1n) is 9.90. The summed E-state index contributed by atoms with van der Waals surface area (Å²) in [5, 5.41) is 14.5. The van der Waals surface area contributed by atoms with Crippen LogP contribution in [-0.2, 0) is 6.54 Å². The Morgan fingerprint density at radius 2 is 1.97 bits per heavy atom. The fourth-order valence-electron chi connectivity index (χ4n) is 4.20. The van der Waals surface area contributed by atoms with Crippen LogP contribution in [0, 0.1) is 13.8 Å². The molecule has 0 spiro atoms. The van der Waals surface area contributed by atoms with Gasteiger partial charge in [-0.15, -0.1) is 10.2 Å². The van der Waals surface area contributed by atoms with E-state index in [1.807, 2.05) is 30.5 Å². The molecule has 11 heteroatoms. The maximum atomic E-state index is 12.4. The largest absolute Gasteiger partial charge is 0.349 e. The standard InChI is InChI=1S/C19H21N9O2/c1-10-8-12-14(9-11(10)2)28(17-15(20-12)18(29)22-19(30)21-17)7-6-27-5-3-4-13(27)16-23-25-26-24-16/h8-9,13H,3-7H2,1-2H3,(H,22,29,30)(H,23,24,25,26)/t13-/m0/s1. The number of aromatic amines is 2. The highest BCUT2D eigenvalue weighted by Gasteiger charge is 2.29. The molecule has 2 aromatic rings. The van der Waals surface area contributed by atoms with E-state index in [9.17, 15) is 9.59 Å². The van der Waals surface area contributed by atoms with E-state index in [1.54, 1.807) is 0 Å². The zero-order chi connectivity index (χ0) is 20.8. The van der Waals surface area contributed by atoms with Gasteiger partial charge < -0.3 is 4.57 Å². The summed E-state index contributed by atoms with van der Waals surface area (Å²) in [4.78, 5) is 37.4. The highest BCUT2D eigenvalue weighted by Crippen LogP contribution is 2.30. The van der Waals surface area contributed by atoms with E-state index in [2.05, 4.69) is 40.5 Å². The number of rotatable bonds is 4. The lowest BCUT2D eigenvalue weighted by molar-refractivity contribution is 0.239. The summed E-state index contributed by atoms with van der Waals surface area (Å²) < 4.78 is 1.92. The Balaban J connectivity index is 1.60. The predicted octanol–water partition coefficient (Wildman–Crippen LogP) is 0.552. The molecular formula is C19H21N9O2. The lowest BCUT2D eigenvalue weighted by atomic mass is 10.1. The SMILES string of the molecule is Cc1cc2nc3c(=O)[nH]c(=O)nc-3n(CCN3CCC[C@H]3c3nn[nH]n3)c2cc1C. The Bertz CT molecular complexity index is 1310. The lowest BCUT2D eigenvalue weighted by Crippen LogP contribution is -2.32. The molecule has 0 radical (unpaired) electrons. The van der Waals surface area contributed by atoms with Crippen molar-refractivity contribution in [2.45, 2.75) is 39.3 Å². The number of tetrazole rings is 1. The molecule has 11 nitrogen and oxygen atoms in total. The van der Waals surface area contributed by atoms with Crippen molar-refractivity contribution < 1.29 is 0 Å². The Morgan fingerprint density at radius 3 is 2.77 bits per heavy atom. The van der Waals surface area contributed by atoms with Gasteiger partial charge in [0.2, 0.25) is 0 Å². The van der Waals surface area contributed by atoms with Gasteiger partial charge in [0.25, 0.3) is 5.56 Å². The Hall–Kier alpha value is -3.47. The summed E-state index contributed by atoms with van der Waals surface area (Å²) in [7, 11) is 0. The summed E-state index contributed by atoms with van der Waals surface area (Å²) in [6, 6.07) is 4.09. The molecule has 1 atom stereocenters. The van der Waals surface area contributed by atoms with Gasteiger partial charge >= 0.3 is 5.69 Å². The summed E-state index contributed by atoms with van der Waals surface area (Å²) in [6.45, 7) is 6.18. The first-order chi connectivity index (χ1) is 14.5. The van der Waals surface area contributed by atoms with E-state index in [4.69, 9.17) is 0 Å². The van der Waals surface area contributed by atoms with Gasteiger partial charge in [0.1, 0.15) is 0 Å². The zero-order valence-corrected chi connectivity index (χ0v) is 16.7. The molecule has 3 aliphatic rings. The second-order valence-corrected chi connectivity index (χ2v) is 7.70. The first kappa shape index (κ1) is 18.6. The van der Waals surface area contributed by atoms with Crippen LogP contribution in [0.2, 0.25) is 0 Å². The highest BCUT2D eigenvalue weighted by molar-refractivity contribution is 5.81. The molecule has 2 N–H and O–H groups in total. The Morgan fingerprint density at radius 1 is 1.13 bits per heavy atom. The van der Waals surface area contributed by atoms with Crippen LogP contribution >= 0.6 is 0 Å². The smallest absolute Gasteiger partial charge is 0.321 e. The van der Waals surface area contributed by atoms with Crippen molar-refractivity contribution in [1.29, 1.82) is 0 Å². The van der Waals surface area contributed by atoms with Crippen molar-refractivity contribution in [3.05, 3.63) is 49.9 Å². The highest BCUT2D eigenvalue weighted by atomic mass is 16.2. The van der Waals surface area contributed by atoms with Gasteiger partial charge in [-0.1, -0.05) is 5.21 Å². The summed E-state index contributed by atoms with van der Waals surface area (Å²) in [6.07, 6.45) is 2.01. The lowest BCUT2D eigenvalue weighted by Gasteiger charge is -2.24. The minimum atomic E-state index is -0.669. The van der Waals surface area contributed by atoms with Gasteiger partial charge in [-0.3, -0.25) is 14.7 Å². The van der Waals surface area contributed by atoms with Gasteiger partial charge in [0, 0.05) is 13.1 Å². The molecule has 0 amide bonds. The van der Waals surface area contributed by atoms with E-state index in [1.165, 1.54) is 0 Å². The normalized spacial score (nSPS) is 17.3. The number of H-pyrrole nitrogens is 2. The third-order valence-electron chi connectivity index (χ3n) is 5.86. The molecule has 1 aromatic carbocycles. The number of aromatic nitrogens is 8. The summed E-state index contributed by atoms with van der Waals surface area (Å²) in [5.74, 6) is 0.986. The number of hydrogen-bond acceptors (Lipinski definition) is 8. The molecule has 0 aliphatic carbocycles. The molecule has 0 unspecified atom stereocenters. The van der Waals surface area contributed by atoms with Gasteiger partial charge in [-0.25, -0.2) is 9.78 Å². The first-order valence-corrected chi connectivity index (χ1v) is 9.90. The number of fused-ring (bicyclic) bond motifs is 2. The Kier molecular flexibility index (Phi) is 4.39. The monoisotopic (exact) mass is 407 g/mol. The van der Waals surface area contributed by atoms with Gasteiger partial charge in [0.05, 0.1) is 17.1 Å². The van der Waals surface area contributed by atoms with Crippen molar-refractivity contribution in [1.82, 2.24) is 45.0 Å². The van der Waals surface area contributed by atoms with Crippen LogP contribution in [0.3, 0.4) is 0 Å². The molecule has 154 valence electrons. The van der Waals surface area contributed by atoms with Gasteiger partial charge in [-0.2, -0.15) is 10.2 Å². The second-order valence-electron chi connectivity index (χ2n) is 7.70. The number of likely N-dealkylation sites (tertiary alicyclic amines) is 1. The molecule has 0 saturated carbocycles. The van der Waals surface area contributed by atoms with E-state index < -0.39 is 11.2 Å². The van der Waals surface area contributed by atoms with Crippen LogP contribution in [-0.4, -0.2) is 58.1 Å². The van der Waals surface area contributed by atoms with Crippen molar-refractivity contribution in [3.8, 4) is 11.5 Å². The zero-order valence-electron chi connectivity index (χ0n) is 16.7. The molecule has 5 rings (SSSR count). The maximum Gasteiger partial charge on any atom is 0.349 e. The number of nitrogens with zero attached hydrogens (tertiary/aromatic N) is 7. The molecule has 3 aliphatic heterocycles. The molecule has 1 aromatic heterocycles. The van der Waals surface area contributed by atoms with Crippen LogP contribution in [0.25, 0.3) is 22.6 Å². The third-order valence-corrected chi connectivity index (χ3v) is 5.86. The van der Waals surface area contributed by atoms with Gasteiger partial charge in [0.15, 0.2) is 17.3 Å². The number of benzene rings is 1. The fraction of sp³-hybridized carbons (Fsp3) is 0.421. The second kappa shape index (κ2) is 7.10.